The SMILES string of the molecule is CCC[CH2][Sn]([CH2]CCC)([CH2]CCC)[c]1cc(CO[Si](C)(C)C(C)(C)C)ccn1. The first-order chi connectivity index (χ1) is 13.1. The number of hydrogen-bond acceptors (Lipinski definition) is 2. The molecule has 0 bridgehead atoms. The Kier molecular flexibility index (Phi) is 11.3. The van der Waals surface area contributed by atoms with E-state index in [1.165, 1.54) is 61.1 Å². The number of rotatable bonds is 13. The summed E-state index contributed by atoms with van der Waals surface area (Å²) in [6.07, 6.45) is 10.2. The Morgan fingerprint density at radius 2 is 1.43 bits per heavy atom. The summed E-state index contributed by atoms with van der Waals surface area (Å²) >= 11 is -2.44. The summed E-state index contributed by atoms with van der Waals surface area (Å²) in [6, 6.07) is 4.65. The Hall–Kier alpha value is 0.126. The average Bonchev–Trinajstić information content (AvgIpc) is 2.65. The predicted molar refractivity (Wildman–Crippen MR) is 131 cm³/mol. The van der Waals surface area contributed by atoms with Gasteiger partial charge in [-0.05, 0) is 0 Å². The van der Waals surface area contributed by atoms with Gasteiger partial charge in [0.25, 0.3) is 0 Å². The maximum atomic E-state index is 6.53. The second kappa shape index (κ2) is 12.1. The van der Waals surface area contributed by atoms with Crippen LogP contribution in [0.2, 0.25) is 31.4 Å². The van der Waals surface area contributed by atoms with Crippen molar-refractivity contribution in [2.75, 3.05) is 0 Å². The van der Waals surface area contributed by atoms with Crippen molar-refractivity contribution in [3.05, 3.63) is 23.9 Å². The van der Waals surface area contributed by atoms with E-state index in [0.717, 1.165) is 6.61 Å². The summed E-state index contributed by atoms with van der Waals surface area (Å²) in [5.41, 5.74) is 1.35. The standard InChI is InChI=1S/C12H20NOSi.3C4H9.Sn/c1-12(2,3)15(4,5)14-10-11-6-8-13-9-7-11;3*1-3-4-2;/h6-8H,10H2,1-5H3;3*1,3-4H2,2H3;. The van der Waals surface area contributed by atoms with E-state index in [9.17, 15) is 0 Å². The van der Waals surface area contributed by atoms with Gasteiger partial charge < -0.3 is 0 Å². The molecule has 1 aromatic rings. The fourth-order valence-corrected chi connectivity index (χ4v) is 20.2. The zero-order chi connectivity index (χ0) is 21.3. The van der Waals surface area contributed by atoms with E-state index in [2.05, 4.69) is 73.0 Å². The molecule has 162 valence electrons. The molecule has 0 saturated heterocycles. The molecule has 0 atom stereocenters. The van der Waals surface area contributed by atoms with Crippen molar-refractivity contribution in [1.82, 2.24) is 4.98 Å². The maximum absolute atomic E-state index is 6.53. The molecule has 0 amide bonds. The molecule has 0 N–H and O–H groups in total. The van der Waals surface area contributed by atoms with Crippen LogP contribution in [0.5, 0.6) is 0 Å². The summed E-state index contributed by atoms with van der Waals surface area (Å²) in [4.78, 5) is 5.01. The molecule has 1 aromatic heterocycles. The van der Waals surface area contributed by atoms with Crippen LogP contribution in [-0.4, -0.2) is 31.7 Å². The van der Waals surface area contributed by atoms with Crippen molar-refractivity contribution in [2.24, 2.45) is 0 Å². The summed E-state index contributed by atoms with van der Waals surface area (Å²) in [7, 11) is -1.72. The first-order valence-electron chi connectivity index (χ1n) is 11.7. The first-order valence-corrected chi connectivity index (χ1v) is 22.1. The molecule has 0 aromatic carbocycles. The van der Waals surface area contributed by atoms with Gasteiger partial charge in [-0.15, -0.1) is 0 Å². The Morgan fingerprint density at radius 3 is 1.86 bits per heavy atom. The van der Waals surface area contributed by atoms with E-state index < -0.39 is 26.7 Å². The number of aromatic nitrogens is 1. The van der Waals surface area contributed by atoms with Crippen LogP contribution in [0.3, 0.4) is 0 Å². The van der Waals surface area contributed by atoms with Crippen LogP contribution in [0.1, 0.15) is 85.6 Å². The Labute approximate surface area is 181 Å². The van der Waals surface area contributed by atoms with Gasteiger partial charge in [-0.1, -0.05) is 0 Å². The minimum atomic E-state index is -2.44. The quantitative estimate of drug-likeness (QED) is 0.253. The summed E-state index contributed by atoms with van der Waals surface area (Å²) in [6.45, 7) is 19.4. The third-order valence-corrected chi connectivity index (χ3v) is 26.4. The fraction of sp³-hybridized carbons (Fsp3) is 0.792. The zero-order valence-corrected chi connectivity index (χ0v) is 24.0. The number of unbranched alkanes of at least 4 members (excludes halogenated alkanes) is 3. The normalized spacial score (nSPS) is 13.1. The van der Waals surface area contributed by atoms with Crippen LogP contribution in [0.25, 0.3) is 0 Å². The van der Waals surface area contributed by atoms with Crippen LogP contribution in [-0.2, 0) is 11.0 Å². The minimum absolute atomic E-state index is 0.259. The van der Waals surface area contributed by atoms with Crippen molar-refractivity contribution >= 4 is 30.4 Å². The molecule has 0 fully saturated rings. The summed E-state index contributed by atoms with van der Waals surface area (Å²) < 4.78 is 12.5. The van der Waals surface area contributed by atoms with E-state index in [1.54, 1.807) is 0 Å². The van der Waals surface area contributed by atoms with Crippen molar-refractivity contribution in [1.29, 1.82) is 0 Å². The molecule has 4 heteroatoms. The summed E-state index contributed by atoms with van der Waals surface area (Å²) in [5, 5.41) is 0.259. The van der Waals surface area contributed by atoms with E-state index >= 15 is 0 Å². The Balaban J connectivity index is 3.11. The van der Waals surface area contributed by atoms with Gasteiger partial charge in [-0.3, -0.25) is 0 Å². The van der Waals surface area contributed by atoms with Crippen molar-refractivity contribution in [3.8, 4) is 0 Å². The third kappa shape index (κ3) is 7.75. The van der Waals surface area contributed by atoms with Gasteiger partial charge in [-0.25, -0.2) is 0 Å². The van der Waals surface area contributed by atoms with Crippen LogP contribution < -0.4 is 3.71 Å². The van der Waals surface area contributed by atoms with Crippen molar-refractivity contribution in [3.63, 3.8) is 0 Å². The van der Waals surface area contributed by atoms with Crippen LogP contribution >= 0.6 is 0 Å². The van der Waals surface area contributed by atoms with Gasteiger partial charge in [0.05, 0.1) is 0 Å². The molecule has 0 unspecified atom stereocenters. The molecule has 1 rings (SSSR count). The molecular formula is C24H47NOSiSn. The first kappa shape index (κ1) is 26.2. The van der Waals surface area contributed by atoms with Gasteiger partial charge in [-0.2, -0.15) is 0 Å². The molecule has 2 nitrogen and oxygen atoms in total. The Bertz CT molecular complexity index is 546. The molecule has 28 heavy (non-hydrogen) atoms. The molecule has 0 aliphatic rings. The molecule has 0 saturated carbocycles. The number of pyridine rings is 1. The van der Waals surface area contributed by atoms with Crippen molar-refractivity contribution in [2.45, 2.75) is 118 Å². The molecule has 0 aliphatic heterocycles. The topological polar surface area (TPSA) is 22.1 Å². The van der Waals surface area contributed by atoms with Gasteiger partial charge in [0.2, 0.25) is 0 Å². The monoisotopic (exact) mass is 513 g/mol. The molecule has 1 heterocycles. The van der Waals surface area contributed by atoms with Gasteiger partial charge in [0.15, 0.2) is 0 Å². The van der Waals surface area contributed by atoms with Gasteiger partial charge in [0, 0.05) is 0 Å². The van der Waals surface area contributed by atoms with Crippen LogP contribution in [0.4, 0.5) is 0 Å². The van der Waals surface area contributed by atoms with E-state index in [0.29, 0.717) is 0 Å². The fourth-order valence-electron chi connectivity index (χ4n) is 3.64. The van der Waals surface area contributed by atoms with Crippen LogP contribution in [0, 0.1) is 0 Å². The third-order valence-electron chi connectivity index (χ3n) is 6.80. The Morgan fingerprint density at radius 1 is 0.929 bits per heavy atom. The molecule has 0 radical (unpaired) electrons. The molecule has 0 aliphatic carbocycles. The average molecular weight is 512 g/mol. The second-order valence-electron chi connectivity index (χ2n) is 10.2. The molecule has 0 spiro atoms. The number of nitrogens with zero attached hydrogens (tertiary/aromatic N) is 1. The van der Waals surface area contributed by atoms with E-state index in [1.807, 2.05) is 0 Å². The van der Waals surface area contributed by atoms with Gasteiger partial charge >= 0.3 is 182 Å². The predicted octanol–water partition coefficient (Wildman–Crippen LogP) is 7.66. The second-order valence-corrected chi connectivity index (χ2v) is 28.1. The zero-order valence-electron chi connectivity index (χ0n) is 20.2. The number of hydrogen-bond donors (Lipinski definition) is 0. The van der Waals surface area contributed by atoms with Gasteiger partial charge in [0.1, 0.15) is 0 Å². The van der Waals surface area contributed by atoms with Crippen LogP contribution in [0.15, 0.2) is 18.3 Å². The van der Waals surface area contributed by atoms with E-state index in [4.69, 9.17) is 9.41 Å². The molecular weight excluding hydrogens is 465 g/mol. The summed E-state index contributed by atoms with van der Waals surface area (Å²) in [5.74, 6) is 0. The van der Waals surface area contributed by atoms with E-state index in [-0.39, 0.29) is 5.04 Å². The van der Waals surface area contributed by atoms with Crippen molar-refractivity contribution < 1.29 is 4.43 Å².